The zero-order valence-corrected chi connectivity index (χ0v) is 9.97. The molecule has 0 aromatic rings. The van der Waals surface area contributed by atoms with Gasteiger partial charge in [-0.2, -0.15) is 13.2 Å². The molecule has 0 heterocycles. The number of hydrogen-bond acceptors (Lipinski definition) is 3. The molecule has 0 radical (unpaired) electrons. The van der Waals surface area contributed by atoms with E-state index in [2.05, 4.69) is 5.32 Å². The number of carbonyl (C=O) groups is 1. The van der Waals surface area contributed by atoms with Crippen molar-refractivity contribution in [3.8, 4) is 0 Å². The van der Waals surface area contributed by atoms with Crippen molar-refractivity contribution >= 4 is 5.91 Å². The van der Waals surface area contributed by atoms with Gasteiger partial charge in [-0.3, -0.25) is 4.79 Å². The van der Waals surface area contributed by atoms with Gasteiger partial charge in [0.1, 0.15) is 0 Å². The molecule has 7 heteroatoms. The molecule has 102 valence electrons. The molecule has 0 aliphatic heterocycles. The van der Waals surface area contributed by atoms with Crippen molar-refractivity contribution in [2.75, 3.05) is 19.7 Å². The summed E-state index contributed by atoms with van der Waals surface area (Å²) in [4.78, 5) is 11.2. The van der Waals surface area contributed by atoms with Gasteiger partial charge in [-0.25, -0.2) is 0 Å². The number of aliphatic hydroxyl groups is 1. The highest BCUT2D eigenvalue weighted by Crippen LogP contribution is 2.11. The lowest BCUT2D eigenvalue weighted by Gasteiger charge is -2.18. The summed E-state index contributed by atoms with van der Waals surface area (Å²) in [7, 11) is 0. The average Bonchev–Trinajstić information content (AvgIpc) is 2.13. The molecule has 0 rings (SSSR count). The zero-order valence-electron chi connectivity index (χ0n) is 9.97. The molecule has 0 aromatic carbocycles. The number of alkyl halides is 3. The summed E-state index contributed by atoms with van der Waals surface area (Å²) in [6.45, 7) is 2.03. The van der Waals surface area contributed by atoms with Crippen LogP contribution in [0.3, 0.4) is 0 Å². The van der Waals surface area contributed by atoms with Crippen molar-refractivity contribution in [3.63, 3.8) is 0 Å². The van der Waals surface area contributed by atoms with Gasteiger partial charge in [0.15, 0.2) is 0 Å². The van der Waals surface area contributed by atoms with Crippen LogP contribution in [0.2, 0.25) is 0 Å². The van der Waals surface area contributed by atoms with Crippen LogP contribution in [0.5, 0.6) is 0 Å². The number of rotatable bonds is 7. The highest BCUT2D eigenvalue weighted by molar-refractivity contribution is 5.78. The minimum absolute atomic E-state index is 0.219. The summed E-state index contributed by atoms with van der Waals surface area (Å²) >= 11 is 0. The van der Waals surface area contributed by atoms with Crippen molar-refractivity contribution in [2.24, 2.45) is 5.92 Å². The first kappa shape index (κ1) is 16.2. The molecule has 0 saturated heterocycles. The number of aliphatic hydroxyl groups excluding tert-OH is 1. The van der Waals surface area contributed by atoms with Crippen molar-refractivity contribution < 1.29 is 23.1 Å². The Kier molecular flexibility index (Phi) is 7.13. The summed E-state index contributed by atoms with van der Waals surface area (Å²) in [5, 5.41) is 13.4. The maximum atomic E-state index is 11.8. The van der Waals surface area contributed by atoms with Gasteiger partial charge in [0.2, 0.25) is 5.91 Å². The van der Waals surface area contributed by atoms with E-state index in [0.29, 0.717) is 6.42 Å². The number of amides is 1. The van der Waals surface area contributed by atoms with E-state index in [-0.39, 0.29) is 12.5 Å². The Morgan fingerprint density at radius 3 is 2.35 bits per heavy atom. The molecule has 4 nitrogen and oxygen atoms in total. The van der Waals surface area contributed by atoms with Gasteiger partial charge in [-0.15, -0.1) is 0 Å². The first-order valence-corrected chi connectivity index (χ1v) is 5.42. The van der Waals surface area contributed by atoms with E-state index >= 15 is 0 Å². The van der Waals surface area contributed by atoms with Crippen LogP contribution in [0, 0.1) is 5.92 Å². The lowest BCUT2D eigenvalue weighted by atomic mass is 10.0. The van der Waals surface area contributed by atoms with Crippen LogP contribution in [-0.2, 0) is 4.79 Å². The van der Waals surface area contributed by atoms with E-state index in [1.807, 2.05) is 19.2 Å². The van der Waals surface area contributed by atoms with Gasteiger partial charge < -0.3 is 15.7 Å². The van der Waals surface area contributed by atoms with E-state index in [4.69, 9.17) is 5.11 Å². The second-order valence-electron chi connectivity index (χ2n) is 4.30. The minimum Gasteiger partial charge on any atom is -0.394 e. The second kappa shape index (κ2) is 7.50. The standard InChI is InChI=1S/C10H19F3N2O2/c1-7(2)3-8(5-16)15-9(17)4-14-6-10(11,12)13/h7-8,14,16H,3-6H2,1-2H3,(H,15,17). The van der Waals surface area contributed by atoms with Crippen LogP contribution >= 0.6 is 0 Å². The van der Waals surface area contributed by atoms with E-state index in [0.717, 1.165) is 0 Å². The van der Waals surface area contributed by atoms with Crippen LogP contribution in [0.1, 0.15) is 20.3 Å². The molecular weight excluding hydrogens is 237 g/mol. The molecular formula is C10H19F3N2O2. The number of carbonyl (C=O) groups excluding carboxylic acids is 1. The Morgan fingerprint density at radius 1 is 1.35 bits per heavy atom. The first-order chi connectivity index (χ1) is 7.74. The molecule has 0 saturated carbocycles. The third-order valence-electron chi connectivity index (χ3n) is 1.95. The summed E-state index contributed by atoms with van der Waals surface area (Å²) in [6.07, 6.45) is -3.74. The Labute approximate surface area is 98.6 Å². The number of halogens is 3. The Bertz CT molecular complexity index is 232. The quantitative estimate of drug-likeness (QED) is 0.627. The van der Waals surface area contributed by atoms with Crippen LogP contribution in [-0.4, -0.2) is 42.9 Å². The lowest BCUT2D eigenvalue weighted by Crippen LogP contribution is -2.44. The molecule has 17 heavy (non-hydrogen) atoms. The van der Waals surface area contributed by atoms with E-state index in [1.54, 1.807) is 0 Å². The smallest absolute Gasteiger partial charge is 0.394 e. The van der Waals surface area contributed by atoms with Crippen LogP contribution in [0.15, 0.2) is 0 Å². The van der Waals surface area contributed by atoms with E-state index < -0.39 is 31.2 Å². The van der Waals surface area contributed by atoms with Gasteiger partial charge in [0, 0.05) is 0 Å². The monoisotopic (exact) mass is 256 g/mol. The molecule has 1 atom stereocenters. The minimum atomic E-state index is -4.32. The van der Waals surface area contributed by atoms with E-state index in [1.165, 1.54) is 0 Å². The molecule has 0 fully saturated rings. The predicted octanol–water partition coefficient (Wildman–Crippen LogP) is 0.661. The summed E-state index contributed by atoms with van der Waals surface area (Å²) in [6, 6.07) is -0.407. The van der Waals surface area contributed by atoms with E-state index in [9.17, 15) is 18.0 Å². The second-order valence-corrected chi connectivity index (χ2v) is 4.30. The summed E-state index contributed by atoms with van der Waals surface area (Å²) < 4.78 is 35.3. The zero-order chi connectivity index (χ0) is 13.5. The van der Waals surface area contributed by atoms with Gasteiger partial charge in [-0.1, -0.05) is 13.8 Å². The van der Waals surface area contributed by atoms with Crippen LogP contribution in [0.4, 0.5) is 13.2 Å². The molecule has 0 aromatic heterocycles. The van der Waals surface area contributed by atoms with Crippen molar-refractivity contribution in [1.82, 2.24) is 10.6 Å². The molecule has 0 aliphatic carbocycles. The molecule has 3 N–H and O–H groups in total. The highest BCUT2D eigenvalue weighted by Gasteiger charge is 2.26. The van der Waals surface area contributed by atoms with Gasteiger partial charge in [-0.05, 0) is 12.3 Å². The van der Waals surface area contributed by atoms with Crippen molar-refractivity contribution in [3.05, 3.63) is 0 Å². The maximum absolute atomic E-state index is 11.8. The normalized spacial score (nSPS) is 13.8. The third kappa shape index (κ3) is 10.1. The summed E-state index contributed by atoms with van der Waals surface area (Å²) in [5.74, 6) is -0.260. The lowest BCUT2D eigenvalue weighted by molar-refractivity contribution is -0.128. The summed E-state index contributed by atoms with van der Waals surface area (Å²) in [5.41, 5.74) is 0. The fourth-order valence-corrected chi connectivity index (χ4v) is 1.34. The molecule has 0 aliphatic rings. The molecule has 1 unspecified atom stereocenters. The Balaban J connectivity index is 3.83. The number of nitrogens with one attached hydrogen (secondary N) is 2. The van der Waals surface area contributed by atoms with Gasteiger partial charge >= 0.3 is 6.18 Å². The first-order valence-electron chi connectivity index (χ1n) is 5.42. The molecule has 1 amide bonds. The third-order valence-corrected chi connectivity index (χ3v) is 1.95. The largest absolute Gasteiger partial charge is 0.401 e. The maximum Gasteiger partial charge on any atom is 0.401 e. The number of hydrogen-bond donors (Lipinski definition) is 3. The topological polar surface area (TPSA) is 61.4 Å². The fourth-order valence-electron chi connectivity index (χ4n) is 1.34. The molecule has 0 bridgehead atoms. The van der Waals surface area contributed by atoms with Crippen LogP contribution in [0.25, 0.3) is 0 Å². The average molecular weight is 256 g/mol. The highest BCUT2D eigenvalue weighted by atomic mass is 19.4. The predicted molar refractivity (Wildman–Crippen MR) is 57.4 cm³/mol. The fraction of sp³-hybridized carbons (Fsp3) is 0.900. The van der Waals surface area contributed by atoms with Gasteiger partial charge in [0.05, 0.1) is 25.7 Å². The SMILES string of the molecule is CC(C)CC(CO)NC(=O)CNCC(F)(F)F. The van der Waals surface area contributed by atoms with Crippen molar-refractivity contribution in [1.29, 1.82) is 0 Å². The van der Waals surface area contributed by atoms with Gasteiger partial charge in [0.25, 0.3) is 0 Å². The Morgan fingerprint density at radius 2 is 1.94 bits per heavy atom. The van der Waals surface area contributed by atoms with Crippen molar-refractivity contribution in [2.45, 2.75) is 32.5 Å². The molecule has 0 spiro atoms. The van der Waals surface area contributed by atoms with Crippen LogP contribution < -0.4 is 10.6 Å². The Hall–Kier alpha value is -0.820.